The van der Waals surface area contributed by atoms with Gasteiger partial charge in [-0.05, 0) is 30.2 Å². The first-order chi connectivity index (χ1) is 12.7. The van der Waals surface area contributed by atoms with E-state index in [1.165, 1.54) is 10.6 Å². The second-order valence-electron chi connectivity index (χ2n) is 6.06. The molecule has 0 aliphatic carbocycles. The van der Waals surface area contributed by atoms with Crippen molar-refractivity contribution in [3.05, 3.63) is 70.4 Å². The van der Waals surface area contributed by atoms with E-state index in [1.54, 1.807) is 12.1 Å². The second-order valence-corrected chi connectivity index (χ2v) is 6.06. The third kappa shape index (κ3) is 2.76. The van der Waals surface area contributed by atoms with Crippen LogP contribution in [0.4, 0.5) is 0 Å². The predicted molar refractivity (Wildman–Crippen MR) is 96.2 cm³/mol. The van der Waals surface area contributed by atoms with Gasteiger partial charge >= 0.3 is 5.69 Å². The molecule has 0 fully saturated rings. The van der Waals surface area contributed by atoms with Crippen LogP contribution in [0.25, 0.3) is 16.6 Å². The predicted octanol–water partition coefficient (Wildman–Crippen LogP) is 0.837. The number of carbonyl (C=O) groups is 1. The molecule has 0 radical (unpaired) electrons. The van der Waals surface area contributed by atoms with E-state index in [4.69, 9.17) is 0 Å². The van der Waals surface area contributed by atoms with E-state index in [2.05, 4.69) is 20.5 Å². The topological polar surface area (TPSA) is 115 Å². The van der Waals surface area contributed by atoms with Gasteiger partial charge in [0.05, 0.1) is 18.2 Å². The SMILES string of the molecule is O=C(NC(CO)Cc1c[nH]c2ccccc12)c1cccn2c(=O)[nH]nc12. The van der Waals surface area contributed by atoms with E-state index in [-0.39, 0.29) is 17.8 Å². The molecule has 0 aliphatic heterocycles. The molecule has 1 amide bonds. The molecule has 4 rings (SSSR count). The highest BCUT2D eigenvalue weighted by molar-refractivity contribution is 5.99. The van der Waals surface area contributed by atoms with Crippen molar-refractivity contribution < 1.29 is 9.90 Å². The lowest BCUT2D eigenvalue weighted by Gasteiger charge is -2.16. The number of aromatic nitrogens is 4. The number of benzene rings is 1. The molecule has 8 nitrogen and oxygen atoms in total. The molecule has 0 saturated carbocycles. The van der Waals surface area contributed by atoms with Crippen LogP contribution in [0.3, 0.4) is 0 Å². The summed E-state index contributed by atoms with van der Waals surface area (Å²) in [5.41, 5.74) is 2.12. The number of aliphatic hydroxyl groups is 1. The zero-order valence-corrected chi connectivity index (χ0v) is 13.8. The minimum absolute atomic E-state index is 0.207. The average molecular weight is 351 g/mol. The van der Waals surface area contributed by atoms with Crippen molar-refractivity contribution in [1.82, 2.24) is 24.9 Å². The standard InChI is InChI=1S/C18H17N5O3/c24-10-12(8-11-9-19-15-6-2-1-4-13(11)15)20-17(25)14-5-3-7-23-16(14)21-22-18(23)26/h1-7,9,12,19,24H,8,10H2,(H,20,25)(H,22,26). The fourth-order valence-corrected chi connectivity index (χ4v) is 3.10. The Bertz CT molecular complexity index is 1140. The lowest BCUT2D eigenvalue weighted by atomic mass is 10.0. The third-order valence-electron chi connectivity index (χ3n) is 4.38. The van der Waals surface area contributed by atoms with E-state index in [0.717, 1.165) is 16.5 Å². The number of para-hydroxylation sites is 1. The molecule has 0 aliphatic rings. The maximum atomic E-state index is 12.6. The largest absolute Gasteiger partial charge is 0.394 e. The fraction of sp³-hybridized carbons (Fsp3) is 0.167. The van der Waals surface area contributed by atoms with Gasteiger partial charge in [-0.25, -0.2) is 14.3 Å². The summed E-state index contributed by atoms with van der Waals surface area (Å²) in [4.78, 5) is 27.5. The number of H-pyrrole nitrogens is 2. The van der Waals surface area contributed by atoms with Gasteiger partial charge < -0.3 is 15.4 Å². The highest BCUT2D eigenvalue weighted by Crippen LogP contribution is 2.19. The number of aliphatic hydroxyl groups excluding tert-OH is 1. The molecule has 0 spiro atoms. The summed E-state index contributed by atoms with van der Waals surface area (Å²) in [6.45, 7) is -0.207. The molecule has 0 bridgehead atoms. The number of aromatic amines is 2. The average Bonchev–Trinajstić information content (AvgIpc) is 3.25. The third-order valence-corrected chi connectivity index (χ3v) is 4.38. The van der Waals surface area contributed by atoms with Gasteiger partial charge in [0.15, 0.2) is 5.65 Å². The Morgan fingerprint density at radius 1 is 1.27 bits per heavy atom. The van der Waals surface area contributed by atoms with E-state index in [9.17, 15) is 14.7 Å². The molecule has 4 aromatic rings. The summed E-state index contributed by atoms with van der Waals surface area (Å²) < 4.78 is 1.27. The number of hydrogen-bond donors (Lipinski definition) is 4. The quantitative estimate of drug-likeness (QED) is 0.426. The molecule has 3 aromatic heterocycles. The normalized spacial score (nSPS) is 12.5. The Hall–Kier alpha value is -3.39. The monoisotopic (exact) mass is 351 g/mol. The number of carbonyl (C=O) groups excluding carboxylic acids is 1. The van der Waals surface area contributed by atoms with Crippen molar-refractivity contribution in [3.8, 4) is 0 Å². The number of rotatable bonds is 5. The Morgan fingerprint density at radius 3 is 2.96 bits per heavy atom. The minimum atomic E-state index is -0.465. The first-order valence-corrected chi connectivity index (χ1v) is 8.20. The molecule has 8 heteroatoms. The Morgan fingerprint density at radius 2 is 2.12 bits per heavy atom. The van der Waals surface area contributed by atoms with Gasteiger partial charge in [0.25, 0.3) is 5.91 Å². The van der Waals surface area contributed by atoms with Gasteiger partial charge in [-0.15, -0.1) is 0 Å². The summed E-state index contributed by atoms with van der Waals surface area (Å²) in [6, 6.07) is 10.6. The van der Waals surface area contributed by atoms with Gasteiger partial charge in [-0.3, -0.25) is 4.79 Å². The summed E-state index contributed by atoms with van der Waals surface area (Å²) in [5.74, 6) is -0.395. The van der Waals surface area contributed by atoms with Crippen LogP contribution in [0, 0.1) is 0 Å². The van der Waals surface area contributed by atoms with Crippen LogP contribution >= 0.6 is 0 Å². The molecule has 1 unspecified atom stereocenters. The summed E-state index contributed by atoms with van der Waals surface area (Å²) in [5, 5.41) is 19.8. The van der Waals surface area contributed by atoms with Crippen molar-refractivity contribution in [1.29, 1.82) is 0 Å². The van der Waals surface area contributed by atoms with E-state index in [0.29, 0.717) is 6.42 Å². The summed E-state index contributed by atoms with van der Waals surface area (Å²) >= 11 is 0. The second kappa shape index (κ2) is 6.49. The Balaban J connectivity index is 1.58. The smallest absolute Gasteiger partial charge is 0.347 e. The zero-order chi connectivity index (χ0) is 18.1. The number of amides is 1. The molecule has 1 atom stereocenters. The molecule has 26 heavy (non-hydrogen) atoms. The van der Waals surface area contributed by atoms with Crippen LogP contribution in [0.15, 0.2) is 53.6 Å². The number of nitrogens with one attached hydrogen (secondary N) is 3. The maximum absolute atomic E-state index is 12.6. The molecule has 0 saturated heterocycles. The van der Waals surface area contributed by atoms with Crippen molar-refractivity contribution in [3.63, 3.8) is 0 Å². The van der Waals surface area contributed by atoms with Crippen molar-refractivity contribution >= 4 is 22.5 Å². The number of nitrogens with zero attached hydrogens (tertiary/aromatic N) is 2. The fourth-order valence-electron chi connectivity index (χ4n) is 3.10. The highest BCUT2D eigenvalue weighted by Gasteiger charge is 2.18. The van der Waals surface area contributed by atoms with Gasteiger partial charge in [0.2, 0.25) is 0 Å². The van der Waals surface area contributed by atoms with E-state index < -0.39 is 17.6 Å². The number of pyridine rings is 1. The molecular weight excluding hydrogens is 334 g/mol. The summed E-state index contributed by atoms with van der Waals surface area (Å²) in [7, 11) is 0. The first-order valence-electron chi connectivity index (χ1n) is 8.20. The van der Waals surface area contributed by atoms with Gasteiger partial charge in [-0.2, -0.15) is 5.10 Å². The van der Waals surface area contributed by atoms with Crippen molar-refractivity contribution in [2.75, 3.05) is 6.61 Å². The first kappa shape index (κ1) is 16.1. The van der Waals surface area contributed by atoms with Crippen LogP contribution in [-0.2, 0) is 6.42 Å². The molecule has 1 aromatic carbocycles. The Labute approximate surface area is 147 Å². The lowest BCUT2D eigenvalue weighted by molar-refractivity contribution is 0.0917. The van der Waals surface area contributed by atoms with E-state index >= 15 is 0 Å². The van der Waals surface area contributed by atoms with Crippen LogP contribution < -0.4 is 11.0 Å². The van der Waals surface area contributed by atoms with Crippen LogP contribution in [0.2, 0.25) is 0 Å². The van der Waals surface area contributed by atoms with Crippen LogP contribution in [-0.4, -0.2) is 43.2 Å². The highest BCUT2D eigenvalue weighted by atomic mass is 16.3. The van der Waals surface area contributed by atoms with Crippen LogP contribution in [0.5, 0.6) is 0 Å². The number of fused-ring (bicyclic) bond motifs is 2. The molecule has 3 heterocycles. The molecule has 132 valence electrons. The van der Waals surface area contributed by atoms with Crippen molar-refractivity contribution in [2.24, 2.45) is 0 Å². The lowest BCUT2D eigenvalue weighted by Crippen LogP contribution is -2.39. The van der Waals surface area contributed by atoms with Gasteiger partial charge in [-0.1, -0.05) is 18.2 Å². The molecule has 4 N–H and O–H groups in total. The van der Waals surface area contributed by atoms with Crippen LogP contribution in [0.1, 0.15) is 15.9 Å². The van der Waals surface area contributed by atoms with Gasteiger partial charge in [0.1, 0.15) is 0 Å². The summed E-state index contributed by atoms with van der Waals surface area (Å²) in [6.07, 6.45) is 3.89. The van der Waals surface area contributed by atoms with E-state index in [1.807, 2.05) is 30.5 Å². The maximum Gasteiger partial charge on any atom is 0.347 e. The number of hydrogen-bond acceptors (Lipinski definition) is 4. The van der Waals surface area contributed by atoms with Gasteiger partial charge in [0, 0.05) is 23.3 Å². The Kier molecular flexibility index (Phi) is 4.02. The van der Waals surface area contributed by atoms with Crippen molar-refractivity contribution in [2.45, 2.75) is 12.5 Å². The minimum Gasteiger partial charge on any atom is -0.394 e. The zero-order valence-electron chi connectivity index (χ0n) is 13.8. The molecular formula is C18H17N5O3.